The molecule has 0 bridgehead atoms. The van der Waals surface area contributed by atoms with Gasteiger partial charge in [-0.3, -0.25) is 14.2 Å². The molecule has 0 aliphatic rings. The first-order chi connectivity index (χ1) is 17.0. The molecule has 8 heteroatoms. The standard InChI is InChI=1S/C27H27N3O4S/c1-18-14-19(2)16-20(15-18)30-26(32)21-8-4-5-9-22(21)29-27(30)35-17-25(31)28-12-13-34-24-11-7-6-10-23(24)33-3/h4-11,14-16H,12-13,17H2,1-3H3,(H,28,31). The first-order valence-corrected chi connectivity index (χ1v) is 12.2. The van der Waals surface area contributed by atoms with E-state index in [-0.39, 0.29) is 17.2 Å². The Labute approximate surface area is 208 Å². The van der Waals surface area contributed by atoms with Crippen molar-refractivity contribution in [2.24, 2.45) is 0 Å². The lowest BCUT2D eigenvalue weighted by Crippen LogP contribution is -2.30. The number of thioether (sulfide) groups is 1. The molecule has 7 nitrogen and oxygen atoms in total. The van der Waals surface area contributed by atoms with Crippen molar-refractivity contribution >= 4 is 28.6 Å². The second kappa shape index (κ2) is 11.1. The summed E-state index contributed by atoms with van der Waals surface area (Å²) < 4.78 is 12.6. The fourth-order valence-corrected chi connectivity index (χ4v) is 4.63. The fraction of sp³-hybridized carbons (Fsp3) is 0.222. The molecule has 4 rings (SSSR count). The molecule has 0 radical (unpaired) electrons. The predicted octanol–water partition coefficient (Wildman–Crippen LogP) is 4.30. The van der Waals surface area contributed by atoms with Crippen LogP contribution >= 0.6 is 11.8 Å². The van der Waals surface area contributed by atoms with Gasteiger partial charge in [0, 0.05) is 0 Å². The van der Waals surface area contributed by atoms with Gasteiger partial charge in [-0.1, -0.05) is 42.1 Å². The van der Waals surface area contributed by atoms with Crippen LogP contribution in [0.25, 0.3) is 16.6 Å². The number of carbonyl (C=O) groups excluding carboxylic acids is 1. The van der Waals surface area contributed by atoms with Crippen LogP contribution in [0.15, 0.2) is 76.7 Å². The first-order valence-electron chi connectivity index (χ1n) is 11.2. The van der Waals surface area contributed by atoms with Crippen LogP contribution < -0.4 is 20.3 Å². The van der Waals surface area contributed by atoms with Gasteiger partial charge in [0.2, 0.25) is 5.91 Å². The molecule has 0 aliphatic heterocycles. The van der Waals surface area contributed by atoms with Crippen LogP contribution in [0.1, 0.15) is 11.1 Å². The average Bonchev–Trinajstić information content (AvgIpc) is 2.85. The summed E-state index contributed by atoms with van der Waals surface area (Å²) in [4.78, 5) is 30.6. The topological polar surface area (TPSA) is 82.5 Å². The van der Waals surface area contributed by atoms with Crippen LogP contribution in [0.5, 0.6) is 11.5 Å². The number of fused-ring (bicyclic) bond motifs is 1. The number of benzene rings is 3. The molecule has 1 aromatic heterocycles. The van der Waals surface area contributed by atoms with Crippen molar-refractivity contribution in [3.8, 4) is 17.2 Å². The highest BCUT2D eigenvalue weighted by Gasteiger charge is 2.15. The van der Waals surface area contributed by atoms with Crippen molar-refractivity contribution in [2.45, 2.75) is 19.0 Å². The van der Waals surface area contributed by atoms with Gasteiger partial charge in [0.1, 0.15) is 6.61 Å². The number of hydrogen-bond acceptors (Lipinski definition) is 6. The minimum absolute atomic E-state index is 0.115. The van der Waals surface area contributed by atoms with E-state index in [0.717, 1.165) is 16.8 Å². The number of nitrogens with one attached hydrogen (secondary N) is 1. The van der Waals surface area contributed by atoms with Gasteiger partial charge in [-0.15, -0.1) is 0 Å². The summed E-state index contributed by atoms with van der Waals surface area (Å²) in [6.45, 7) is 4.62. The van der Waals surface area contributed by atoms with Crippen molar-refractivity contribution in [1.82, 2.24) is 14.9 Å². The highest BCUT2D eigenvalue weighted by atomic mass is 32.2. The van der Waals surface area contributed by atoms with Crippen molar-refractivity contribution < 1.29 is 14.3 Å². The molecule has 0 saturated carbocycles. The zero-order valence-corrected chi connectivity index (χ0v) is 20.7. The van der Waals surface area contributed by atoms with E-state index in [1.165, 1.54) is 11.8 Å². The van der Waals surface area contributed by atoms with E-state index in [1.54, 1.807) is 17.7 Å². The normalized spacial score (nSPS) is 10.8. The molecule has 4 aromatic rings. The van der Waals surface area contributed by atoms with Crippen LogP contribution in [0.3, 0.4) is 0 Å². The van der Waals surface area contributed by atoms with E-state index in [1.807, 2.05) is 68.4 Å². The first kappa shape index (κ1) is 24.3. The fourth-order valence-electron chi connectivity index (χ4n) is 3.79. The lowest BCUT2D eigenvalue weighted by molar-refractivity contribution is -0.118. The Kier molecular flexibility index (Phi) is 7.72. The van der Waals surface area contributed by atoms with Gasteiger partial charge in [0.05, 0.1) is 36.0 Å². The molecule has 0 unspecified atom stereocenters. The lowest BCUT2D eigenvalue weighted by Gasteiger charge is -2.14. The highest BCUT2D eigenvalue weighted by Crippen LogP contribution is 2.25. The quantitative estimate of drug-likeness (QED) is 0.214. The number of aromatic nitrogens is 2. The molecule has 1 amide bonds. The molecule has 35 heavy (non-hydrogen) atoms. The number of para-hydroxylation sites is 3. The van der Waals surface area contributed by atoms with Crippen molar-refractivity contribution in [2.75, 3.05) is 26.0 Å². The molecule has 0 fully saturated rings. The molecule has 0 aliphatic carbocycles. The number of ether oxygens (including phenoxy) is 2. The Morgan fingerprint density at radius 3 is 2.43 bits per heavy atom. The largest absolute Gasteiger partial charge is 0.493 e. The van der Waals surface area contributed by atoms with Gasteiger partial charge in [0.25, 0.3) is 5.56 Å². The third kappa shape index (κ3) is 5.84. The number of aryl methyl sites for hydroxylation is 2. The molecule has 0 saturated heterocycles. The molecule has 0 atom stereocenters. The summed E-state index contributed by atoms with van der Waals surface area (Å²) >= 11 is 1.23. The van der Waals surface area contributed by atoms with Gasteiger partial charge < -0.3 is 14.8 Å². The van der Waals surface area contributed by atoms with E-state index in [0.29, 0.717) is 40.7 Å². The minimum atomic E-state index is -0.173. The smallest absolute Gasteiger partial charge is 0.266 e. The Balaban J connectivity index is 1.47. The number of rotatable bonds is 9. The predicted molar refractivity (Wildman–Crippen MR) is 139 cm³/mol. The van der Waals surface area contributed by atoms with Crippen LogP contribution in [-0.2, 0) is 4.79 Å². The number of hydrogen-bond donors (Lipinski definition) is 1. The Morgan fingerprint density at radius 1 is 1.00 bits per heavy atom. The van der Waals surface area contributed by atoms with Crippen LogP contribution in [0.2, 0.25) is 0 Å². The number of nitrogens with zero attached hydrogens (tertiary/aromatic N) is 2. The zero-order valence-electron chi connectivity index (χ0n) is 19.9. The van der Waals surface area contributed by atoms with E-state index in [4.69, 9.17) is 14.5 Å². The molecular weight excluding hydrogens is 462 g/mol. The minimum Gasteiger partial charge on any atom is -0.493 e. The molecular formula is C27H27N3O4S. The maximum atomic E-state index is 13.4. The summed E-state index contributed by atoms with van der Waals surface area (Å²) in [5.74, 6) is 1.20. The summed E-state index contributed by atoms with van der Waals surface area (Å²) in [5, 5.41) is 3.86. The van der Waals surface area contributed by atoms with E-state index < -0.39 is 0 Å². The van der Waals surface area contributed by atoms with Crippen molar-refractivity contribution in [3.63, 3.8) is 0 Å². The van der Waals surface area contributed by atoms with Gasteiger partial charge in [-0.05, 0) is 61.4 Å². The monoisotopic (exact) mass is 489 g/mol. The van der Waals surface area contributed by atoms with Gasteiger partial charge >= 0.3 is 0 Å². The second-order valence-electron chi connectivity index (χ2n) is 8.04. The van der Waals surface area contributed by atoms with E-state index >= 15 is 0 Å². The summed E-state index contributed by atoms with van der Waals surface area (Å²) in [6.07, 6.45) is 0. The molecule has 180 valence electrons. The SMILES string of the molecule is COc1ccccc1OCCNC(=O)CSc1nc2ccccc2c(=O)n1-c1cc(C)cc(C)c1. The van der Waals surface area contributed by atoms with Crippen LogP contribution in [0, 0.1) is 13.8 Å². The molecule has 0 spiro atoms. The molecule has 1 N–H and O–H groups in total. The van der Waals surface area contributed by atoms with Gasteiger partial charge in [0.15, 0.2) is 16.7 Å². The Bertz CT molecular complexity index is 1400. The lowest BCUT2D eigenvalue weighted by atomic mass is 10.1. The summed E-state index contributed by atoms with van der Waals surface area (Å²) in [5.41, 5.74) is 3.27. The van der Waals surface area contributed by atoms with E-state index in [2.05, 4.69) is 11.4 Å². The Morgan fingerprint density at radius 2 is 1.69 bits per heavy atom. The molecule has 3 aromatic carbocycles. The van der Waals surface area contributed by atoms with E-state index in [9.17, 15) is 9.59 Å². The second-order valence-corrected chi connectivity index (χ2v) is 8.98. The Hall–Kier alpha value is -3.78. The highest BCUT2D eigenvalue weighted by molar-refractivity contribution is 7.99. The number of carbonyl (C=O) groups is 1. The van der Waals surface area contributed by atoms with Crippen LogP contribution in [-0.4, -0.2) is 41.5 Å². The van der Waals surface area contributed by atoms with Gasteiger partial charge in [-0.2, -0.15) is 0 Å². The van der Waals surface area contributed by atoms with Gasteiger partial charge in [-0.25, -0.2) is 4.98 Å². The summed E-state index contributed by atoms with van der Waals surface area (Å²) in [6, 6.07) is 20.6. The maximum absolute atomic E-state index is 13.4. The average molecular weight is 490 g/mol. The van der Waals surface area contributed by atoms with Crippen molar-refractivity contribution in [3.05, 3.63) is 88.2 Å². The van der Waals surface area contributed by atoms with Crippen molar-refractivity contribution in [1.29, 1.82) is 0 Å². The maximum Gasteiger partial charge on any atom is 0.266 e. The zero-order chi connectivity index (χ0) is 24.8. The third-order valence-electron chi connectivity index (χ3n) is 5.29. The summed E-state index contributed by atoms with van der Waals surface area (Å²) in [7, 11) is 1.58. The number of methoxy groups -OCH3 is 1. The van der Waals surface area contributed by atoms with Crippen LogP contribution in [0.4, 0.5) is 0 Å². The third-order valence-corrected chi connectivity index (χ3v) is 6.23. The number of amides is 1. The molecule has 1 heterocycles.